The molecule has 0 atom stereocenters. The summed E-state index contributed by atoms with van der Waals surface area (Å²) in [5, 5.41) is 3.83. The molecular formula is C23H28ClNO2. The molecule has 0 aliphatic heterocycles. The van der Waals surface area contributed by atoms with Crippen LogP contribution in [0.3, 0.4) is 0 Å². The Morgan fingerprint density at radius 1 is 1.15 bits per heavy atom. The topological polar surface area (TPSA) is 38.3 Å². The van der Waals surface area contributed by atoms with Gasteiger partial charge in [-0.1, -0.05) is 49.6 Å². The predicted octanol–water partition coefficient (Wildman–Crippen LogP) is 6.20. The smallest absolute Gasteiger partial charge is 0.235 e. The molecule has 1 saturated carbocycles. The van der Waals surface area contributed by atoms with E-state index in [1.54, 1.807) is 0 Å². The number of carbonyl (C=O) groups excluding carboxylic acids is 1. The third-order valence-corrected chi connectivity index (χ3v) is 5.78. The van der Waals surface area contributed by atoms with Crippen LogP contribution in [0.5, 0.6) is 5.75 Å². The van der Waals surface area contributed by atoms with Gasteiger partial charge in [-0.05, 0) is 68.0 Å². The Balaban J connectivity index is 1.88. The second-order valence-corrected chi connectivity index (χ2v) is 7.92. The van der Waals surface area contributed by atoms with Crippen molar-refractivity contribution < 1.29 is 9.53 Å². The van der Waals surface area contributed by atoms with E-state index in [1.807, 2.05) is 50.2 Å². The minimum absolute atomic E-state index is 0.0362. The molecule has 0 unspecified atom stereocenters. The van der Waals surface area contributed by atoms with Crippen LogP contribution < -0.4 is 10.1 Å². The van der Waals surface area contributed by atoms with Gasteiger partial charge in [0.2, 0.25) is 5.91 Å². The molecule has 3 nitrogen and oxygen atoms in total. The monoisotopic (exact) mass is 385 g/mol. The zero-order valence-corrected chi connectivity index (χ0v) is 17.2. The molecule has 27 heavy (non-hydrogen) atoms. The van der Waals surface area contributed by atoms with Crippen LogP contribution in [0.25, 0.3) is 0 Å². The van der Waals surface area contributed by atoms with Gasteiger partial charge >= 0.3 is 0 Å². The van der Waals surface area contributed by atoms with Crippen LogP contribution in [0.4, 0.5) is 5.69 Å². The third-order valence-electron chi connectivity index (χ3n) is 5.45. The first-order valence-electron chi connectivity index (χ1n) is 9.78. The number of benzene rings is 2. The molecule has 0 aromatic heterocycles. The lowest BCUT2D eigenvalue weighted by atomic mass is 9.78. The second-order valence-electron chi connectivity index (χ2n) is 7.51. The summed E-state index contributed by atoms with van der Waals surface area (Å²) < 4.78 is 5.85. The molecule has 1 aliphatic rings. The fourth-order valence-corrected chi connectivity index (χ4v) is 4.47. The molecule has 0 heterocycles. The molecule has 0 spiro atoms. The zero-order chi connectivity index (χ0) is 19.4. The number of halogens is 1. The Morgan fingerprint density at radius 2 is 1.78 bits per heavy atom. The van der Waals surface area contributed by atoms with E-state index in [4.69, 9.17) is 16.3 Å². The first-order chi connectivity index (χ1) is 13.0. The van der Waals surface area contributed by atoms with Gasteiger partial charge in [0.05, 0.1) is 12.0 Å². The van der Waals surface area contributed by atoms with Gasteiger partial charge in [-0.15, -0.1) is 0 Å². The van der Waals surface area contributed by atoms with Crippen LogP contribution in [0.15, 0.2) is 36.4 Å². The number of amides is 1. The number of hydrogen-bond donors (Lipinski definition) is 1. The molecular weight excluding hydrogens is 358 g/mol. The largest absolute Gasteiger partial charge is 0.493 e. The molecule has 0 radical (unpaired) electrons. The highest BCUT2D eigenvalue weighted by molar-refractivity contribution is 6.31. The Bertz CT molecular complexity index is 802. The molecule has 4 heteroatoms. The molecule has 0 bridgehead atoms. The first-order valence-corrected chi connectivity index (χ1v) is 10.2. The van der Waals surface area contributed by atoms with Gasteiger partial charge in [0.15, 0.2) is 0 Å². The summed E-state index contributed by atoms with van der Waals surface area (Å²) in [5.74, 6) is 0.950. The third kappa shape index (κ3) is 3.98. The maximum Gasteiger partial charge on any atom is 0.235 e. The van der Waals surface area contributed by atoms with E-state index in [0.29, 0.717) is 11.6 Å². The number of rotatable bonds is 6. The molecule has 1 fully saturated rings. The normalized spacial score (nSPS) is 15.6. The average Bonchev–Trinajstić information content (AvgIpc) is 3.12. The van der Waals surface area contributed by atoms with Gasteiger partial charge in [-0.3, -0.25) is 4.79 Å². The van der Waals surface area contributed by atoms with Crippen molar-refractivity contribution in [3.63, 3.8) is 0 Å². The minimum atomic E-state index is -0.544. The van der Waals surface area contributed by atoms with Crippen LogP contribution in [0, 0.1) is 13.8 Å². The van der Waals surface area contributed by atoms with Crippen molar-refractivity contribution in [1.29, 1.82) is 0 Å². The van der Waals surface area contributed by atoms with Gasteiger partial charge in [0.1, 0.15) is 5.75 Å². The molecule has 1 N–H and O–H groups in total. The Kier molecular flexibility index (Phi) is 6.11. The van der Waals surface area contributed by atoms with E-state index in [2.05, 4.69) is 12.2 Å². The van der Waals surface area contributed by atoms with E-state index in [0.717, 1.165) is 60.2 Å². The first kappa shape index (κ1) is 19.8. The van der Waals surface area contributed by atoms with Crippen molar-refractivity contribution >= 4 is 23.2 Å². The number of hydrogen-bond acceptors (Lipinski definition) is 2. The summed E-state index contributed by atoms with van der Waals surface area (Å²) in [6, 6.07) is 11.7. The highest BCUT2D eigenvalue weighted by Crippen LogP contribution is 2.44. The van der Waals surface area contributed by atoms with E-state index < -0.39 is 5.41 Å². The molecule has 1 amide bonds. The summed E-state index contributed by atoms with van der Waals surface area (Å²) in [4.78, 5) is 13.4. The summed E-state index contributed by atoms with van der Waals surface area (Å²) in [6.45, 7) is 6.83. The van der Waals surface area contributed by atoms with E-state index in [9.17, 15) is 4.79 Å². The van der Waals surface area contributed by atoms with Crippen LogP contribution >= 0.6 is 11.6 Å². The van der Waals surface area contributed by atoms with Gasteiger partial charge in [0, 0.05) is 10.7 Å². The van der Waals surface area contributed by atoms with Gasteiger partial charge < -0.3 is 10.1 Å². The highest BCUT2D eigenvalue weighted by atomic mass is 35.5. The van der Waals surface area contributed by atoms with Crippen molar-refractivity contribution in [2.45, 2.75) is 58.3 Å². The minimum Gasteiger partial charge on any atom is -0.493 e. The van der Waals surface area contributed by atoms with Crippen molar-refractivity contribution in [2.75, 3.05) is 11.9 Å². The quantitative estimate of drug-likeness (QED) is 0.643. The van der Waals surface area contributed by atoms with Crippen molar-refractivity contribution in [3.8, 4) is 5.75 Å². The average molecular weight is 386 g/mol. The molecule has 3 rings (SSSR count). The summed E-state index contributed by atoms with van der Waals surface area (Å²) in [7, 11) is 0. The van der Waals surface area contributed by atoms with Crippen molar-refractivity contribution in [3.05, 3.63) is 58.1 Å². The molecule has 144 valence electrons. The summed E-state index contributed by atoms with van der Waals surface area (Å²) in [5.41, 5.74) is 3.29. The Hall–Kier alpha value is -2.00. The van der Waals surface area contributed by atoms with E-state index in [-0.39, 0.29) is 5.91 Å². The molecule has 2 aromatic rings. The number of ether oxygens (including phenoxy) is 1. The van der Waals surface area contributed by atoms with Gasteiger partial charge in [-0.25, -0.2) is 0 Å². The van der Waals surface area contributed by atoms with Crippen molar-refractivity contribution in [2.24, 2.45) is 0 Å². The number of aryl methyl sites for hydroxylation is 2. The van der Waals surface area contributed by atoms with Crippen LogP contribution in [0.1, 0.15) is 55.7 Å². The predicted molar refractivity (Wildman–Crippen MR) is 112 cm³/mol. The maximum atomic E-state index is 13.4. The second kappa shape index (κ2) is 8.35. The zero-order valence-electron chi connectivity index (χ0n) is 16.4. The lowest BCUT2D eigenvalue weighted by molar-refractivity contribution is -0.121. The van der Waals surface area contributed by atoms with E-state index in [1.165, 1.54) is 0 Å². The summed E-state index contributed by atoms with van der Waals surface area (Å²) in [6.07, 6.45) is 4.72. The highest BCUT2D eigenvalue weighted by Gasteiger charge is 2.43. The SMILES string of the molecule is CCCOc1c(C)cc(NC(=O)C2(c3ccccc3Cl)CCCC2)cc1C. The Morgan fingerprint density at radius 3 is 2.37 bits per heavy atom. The number of carbonyl (C=O) groups is 1. The van der Waals surface area contributed by atoms with Crippen LogP contribution in [-0.2, 0) is 10.2 Å². The molecule has 2 aromatic carbocycles. The fourth-order valence-electron chi connectivity index (χ4n) is 4.15. The Labute approximate surface area is 167 Å². The van der Waals surface area contributed by atoms with Gasteiger partial charge in [-0.2, -0.15) is 0 Å². The van der Waals surface area contributed by atoms with Crippen LogP contribution in [-0.4, -0.2) is 12.5 Å². The van der Waals surface area contributed by atoms with Crippen LogP contribution in [0.2, 0.25) is 5.02 Å². The van der Waals surface area contributed by atoms with Gasteiger partial charge in [0.25, 0.3) is 0 Å². The summed E-state index contributed by atoms with van der Waals surface area (Å²) >= 11 is 6.46. The number of nitrogens with one attached hydrogen (secondary N) is 1. The molecule has 1 aliphatic carbocycles. The van der Waals surface area contributed by atoms with Crippen molar-refractivity contribution in [1.82, 2.24) is 0 Å². The number of anilines is 1. The maximum absolute atomic E-state index is 13.4. The molecule has 0 saturated heterocycles. The standard InChI is InChI=1S/C23H28ClNO2/c1-4-13-27-21-16(2)14-18(15-17(21)3)25-22(26)23(11-7-8-12-23)19-9-5-6-10-20(19)24/h5-6,9-10,14-15H,4,7-8,11-13H2,1-3H3,(H,25,26). The lowest BCUT2D eigenvalue weighted by Crippen LogP contribution is -2.38. The fraction of sp³-hybridized carbons (Fsp3) is 0.435. The lowest BCUT2D eigenvalue weighted by Gasteiger charge is -2.29. The van der Waals surface area contributed by atoms with E-state index >= 15 is 0 Å².